The van der Waals surface area contributed by atoms with Crippen LogP contribution in [0.5, 0.6) is 0 Å². The van der Waals surface area contributed by atoms with Gasteiger partial charge in [0.05, 0.1) is 6.10 Å². The number of nitrogens with one attached hydrogen (secondary N) is 1. The van der Waals surface area contributed by atoms with E-state index in [4.69, 9.17) is 9.84 Å². The minimum Gasteiger partial charge on any atom is -0.480 e. The SMILES string of the molecule is O=C(O)COCCCCC1C(=O)NC(=O)N1CCC(O)C1CCCC1. The van der Waals surface area contributed by atoms with Crippen LogP contribution in [0.4, 0.5) is 4.79 Å². The summed E-state index contributed by atoms with van der Waals surface area (Å²) in [6, 6.07) is -0.904. The zero-order valence-corrected chi connectivity index (χ0v) is 14.5. The molecule has 1 heterocycles. The predicted octanol–water partition coefficient (Wildman–Crippen LogP) is 1.12. The van der Waals surface area contributed by atoms with Gasteiger partial charge in [-0.15, -0.1) is 0 Å². The number of aliphatic hydroxyl groups is 1. The van der Waals surface area contributed by atoms with Crippen molar-refractivity contribution in [3.05, 3.63) is 0 Å². The third-order valence-corrected chi connectivity index (χ3v) is 5.02. The lowest BCUT2D eigenvalue weighted by Gasteiger charge is -2.25. The van der Waals surface area contributed by atoms with Gasteiger partial charge in [0.2, 0.25) is 0 Å². The summed E-state index contributed by atoms with van der Waals surface area (Å²) in [6.07, 6.45) is 6.23. The normalized spacial score (nSPS) is 22.4. The molecule has 8 nitrogen and oxygen atoms in total. The molecular formula is C17H28N2O6. The van der Waals surface area contributed by atoms with E-state index in [-0.39, 0.29) is 12.5 Å². The number of unbranched alkanes of at least 4 members (excludes halogenated alkanes) is 1. The van der Waals surface area contributed by atoms with E-state index in [0.29, 0.717) is 44.8 Å². The Balaban J connectivity index is 1.72. The number of carbonyl (C=O) groups is 3. The van der Waals surface area contributed by atoms with Crippen LogP contribution in [0.3, 0.4) is 0 Å². The highest BCUT2D eigenvalue weighted by atomic mass is 16.5. The topological polar surface area (TPSA) is 116 Å². The van der Waals surface area contributed by atoms with Crippen LogP contribution >= 0.6 is 0 Å². The minimum atomic E-state index is -1.01. The molecule has 2 unspecified atom stereocenters. The molecule has 2 fully saturated rings. The van der Waals surface area contributed by atoms with Crippen LogP contribution in [0.1, 0.15) is 51.4 Å². The maximum Gasteiger partial charge on any atom is 0.329 e. The summed E-state index contributed by atoms with van der Waals surface area (Å²) >= 11 is 0. The van der Waals surface area contributed by atoms with Gasteiger partial charge in [-0.05, 0) is 44.4 Å². The summed E-state index contributed by atoms with van der Waals surface area (Å²) in [4.78, 5) is 35.8. The molecule has 0 aromatic heterocycles. The summed E-state index contributed by atoms with van der Waals surface area (Å²) in [5.74, 6) is -0.995. The summed E-state index contributed by atoms with van der Waals surface area (Å²) in [7, 11) is 0. The number of carbonyl (C=O) groups excluding carboxylic acids is 2. The van der Waals surface area contributed by atoms with Crippen LogP contribution in [0.2, 0.25) is 0 Å². The van der Waals surface area contributed by atoms with Gasteiger partial charge in [0.15, 0.2) is 0 Å². The first-order valence-corrected chi connectivity index (χ1v) is 9.08. The first kappa shape index (κ1) is 19.7. The minimum absolute atomic E-state index is 0.299. The predicted molar refractivity (Wildman–Crippen MR) is 88.9 cm³/mol. The Kier molecular flexibility index (Phi) is 7.64. The Hall–Kier alpha value is -1.67. The number of nitrogens with zero attached hydrogens (tertiary/aromatic N) is 1. The van der Waals surface area contributed by atoms with Gasteiger partial charge in [-0.3, -0.25) is 10.1 Å². The van der Waals surface area contributed by atoms with E-state index in [9.17, 15) is 19.5 Å². The van der Waals surface area contributed by atoms with Gasteiger partial charge in [-0.25, -0.2) is 9.59 Å². The average Bonchev–Trinajstić information content (AvgIpc) is 3.17. The number of carboxylic acid groups (broad SMARTS) is 1. The maximum absolute atomic E-state index is 12.0. The second-order valence-electron chi connectivity index (χ2n) is 6.85. The summed E-state index contributed by atoms with van der Waals surface area (Å²) in [5, 5.41) is 21.1. The molecule has 2 atom stereocenters. The highest BCUT2D eigenvalue weighted by molar-refractivity contribution is 6.04. The molecule has 0 aromatic rings. The number of hydrogen-bond donors (Lipinski definition) is 3. The van der Waals surface area contributed by atoms with E-state index in [0.717, 1.165) is 25.7 Å². The number of amides is 3. The van der Waals surface area contributed by atoms with Crippen LogP contribution in [-0.4, -0.2) is 64.9 Å². The van der Waals surface area contributed by atoms with Gasteiger partial charge in [-0.1, -0.05) is 12.8 Å². The molecular weight excluding hydrogens is 328 g/mol. The van der Waals surface area contributed by atoms with Crippen molar-refractivity contribution in [2.75, 3.05) is 19.8 Å². The Labute approximate surface area is 147 Å². The van der Waals surface area contributed by atoms with Crippen molar-refractivity contribution in [2.24, 2.45) is 5.92 Å². The summed E-state index contributed by atoms with van der Waals surface area (Å²) in [6.45, 7) is 0.359. The second-order valence-corrected chi connectivity index (χ2v) is 6.85. The van der Waals surface area contributed by atoms with Crippen molar-refractivity contribution in [1.82, 2.24) is 10.2 Å². The highest BCUT2D eigenvalue weighted by Crippen LogP contribution is 2.29. The second kappa shape index (κ2) is 9.72. The van der Waals surface area contributed by atoms with E-state index < -0.39 is 24.1 Å². The smallest absolute Gasteiger partial charge is 0.329 e. The van der Waals surface area contributed by atoms with Crippen LogP contribution < -0.4 is 5.32 Å². The molecule has 1 aliphatic carbocycles. The molecule has 3 N–H and O–H groups in total. The lowest BCUT2D eigenvalue weighted by molar-refractivity contribution is -0.142. The molecule has 25 heavy (non-hydrogen) atoms. The van der Waals surface area contributed by atoms with Crippen molar-refractivity contribution in [3.63, 3.8) is 0 Å². The number of rotatable bonds is 11. The molecule has 0 bridgehead atoms. The largest absolute Gasteiger partial charge is 0.480 e. The maximum atomic E-state index is 12.0. The van der Waals surface area contributed by atoms with E-state index in [1.807, 2.05) is 0 Å². The van der Waals surface area contributed by atoms with Crippen LogP contribution in [0.25, 0.3) is 0 Å². The van der Waals surface area contributed by atoms with Gasteiger partial charge in [0.1, 0.15) is 12.6 Å². The fourth-order valence-corrected chi connectivity index (χ4v) is 3.64. The number of imide groups is 1. The Morgan fingerprint density at radius 3 is 2.68 bits per heavy atom. The zero-order chi connectivity index (χ0) is 18.2. The number of urea groups is 1. The number of hydrogen-bond acceptors (Lipinski definition) is 5. The molecule has 2 rings (SSSR count). The quantitative estimate of drug-likeness (QED) is 0.377. The molecule has 0 radical (unpaired) electrons. The van der Waals surface area contributed by atoms with Gasteiger partial charge in [-0.2, -0.15) is 0 Å². The Morgan fingerprint density at radius 1 is 1.28 bits per heavy atom. The van der Waals surface area contributed by atoms with Gasteiger partial charge < -0.3 is 19.8 Å². The average molecular weight is 356 g/mol. The summed E-state index contributed by atoms with van der Waals surface area (Å²) in [5.41, 5.74) is 0. The zero-order valence-electron chi connectivity index (χ0n) is 14.5. The monoisotopic (exact) mass is 356 g/mol. The third-order valence-electron chi connectivity index (χ3n) is 5.02. The van der Waals surface area contributed by atoms with Gasteiger partial charge >= 0.3 is 12.0 Å². The van der Waals surface area contributed by atoms with Crippen LogP contribution in [0.15, 0.2) is 0 Å². The number of aliphatic hydroxyl groups excluding tert-OH is 1. The molecule has 2 aliphatic rings. The fraction of sp³-hybridized carbons (Fsp3) is 0.824. The number of carboxylic acids is 1. The molecule has 0 spiro atoms. The van der Waals surface area contributed by atoms with E-state index >= 15 is 0 Å². The lowest BCUT2D eigenvalue weighted by Crippen LogP contribution is -2.38. The van der Waals surface area contributed by atoms with Gasteiger partial charge in [0.25, 0.3) is 5.91 Å². The standard InChI is InChI=1S/C17H28N2O6/c20-14(12-5-1-2-6-12)8-9-19-13(16(23)18-17(19)24)7-3-4-10-25-11-15(21)22/h12-14,20H,1-11H2,(H,21,22)(H,18,23,24). The highest BCUT2D eigenvalue weighted by Gasteiger charge is 2.38. The van der Waals surface area contributed by atoms with Crippen molar-refractivity contribution < 1.29 is 29.3 Å². The van der Waals surface area contributed by atoms with Crippen molar-refractivity contribution in [2.45, 2.75) is 63.5 Å². The van der Waals surface area contributed by atoms with Crippen molar-refractivity contribution in [3.8, 4) is 0 Å². The summed E-state index contributed by atoms with van der Waals surface area (Å²) < 4.78 is 4.96. The molecule has 142 valence electrons. The molecule has 0 aromatic carbocycles. The number of aliphatic carboxylic acids is 1. The molecule has 1 aliphatic heterocycles. The Bertz CT molecular complexity index is 478. The van der Waals surface area contributed by atoms with E-state index in [1.54, 1.807) is 0 Å². The Morgan fingerprint density at radius 2 is 2.00 bits per heavy atom. The molecule has 3 amide bonds. The first-order valence-electron chi connectivity index (χ1n) is 9.08. The van der Waals surface area contributed by atoms with Crippen molar-refractivity contribution >= 4 is 17.9 Å². The van der Waals surface area contributed by atoms with Gasteiger partial charge in [0, 0.05) is 13.2 Å². The van der Waals surface area contributed by atoms with Crippen LogP contribution in [-0.2, 0) is 14.3 Å². The van der Waals surface area contributed by atoms with Crippen molar-refractivity contribution in [1.29, 1.82) is 0 Å². The third kappa shape index (κ3) is 5.97. The number of ether oxygens (including phenoxy) is 1. The molecule has 8 heteroatoms. The first-order chi connectivity index (χ1) is 12.0. The van der Waals surface area contributed by atoms with E-state index in [2.05, 4.69) is 5.32 Å². The molecule has 1 saturated carbocycles. The van der Waals surface area contributed by atoms with E-state index in [1.165, 1.54) is 4.90 Å². The lowest BCUT2D eigenvalue weighted by atomic mass is 9.98. The fourth-order valence-electron chi connectivity index (χ4n) is 3.64. The molecule has 1 saturated heterocycles. The van der Waals surface area contributed by atoms with Crippen LogP contribution in [0, 0.1) is 5.92 Å².